The van der Waals surface area contributed by atoms with E-state index in [1.165, 1.54) is 0 Å². The Labute approximate surface area is 135 Å². The minimum atomic E-state index is -0.0757. The molecular weight excluding hydrogens is 292 g/mol. The van der Waals surface area contributed by atoms with Gasteiger partial charge in [0.2, 0.25) is 5.91 Å². The number of benzene rings is 1. The number of amides is 2. The van der Waals surface area contributed by atoms with Gasteiger partial charge in [0.25, 0.3) is 5.91 Å². The van der Waals surface area contributed by atoms with Crippen LogP contribution in [0.1, 0.15) is 30.1 Å². The Kier molecular flexibility index (Phi) is 4.41. The van der Waals surface area contributed by atoms with E-state index in [0.29, 0.717) is 18.7 Å². The summed E-state index contributed by atoms with van der Waals surface area (Å²) in [5.74, 6) is 0.0241. The molecule has 120 valence electrons. The first-order valence-electron chi connectivity index (χ1n) is 7.78. The Morgan fingerprint density at radius 3 is 2.70 bits per heavy atom. The van der Waals surface area contributed by atoms with Crippen LogP contribution in [0.4, 0.5) is 0 Å². The Bertz CT molecular complexity index is 688. The molecule has 0 aliphatic carbocycles. The van der Waals surface area contributed by atoms with Crippen LogP contribution in [-0.2, 0) is 4.79 Å². The molecule has 6 heteroatoms. The van der Waals surface area contributed by atoms with E-state index in [9.17, 15) is 9.59 Å². The van der Waals surface area contributed by atoms with Gasteiger partial charge < -0.3 is 14.8 Å². The zero-order valence-electron chi connectivity index (χ0n) is 13.1. The molecule has 1 aromatic heterocycles. The quantitative estimate of drug-likeness (QED) is 0.936. The highest BCUT2D eigenvalue weighted by Gasteiger charge is 2.22. The largest absolute Gasteiger partial charge is 0.349 e. The maximum absolute atomic E-state index is 12.4. The summed E-state index contributed by atoms with van der Waals surface area (Å²) in [6.45, 7) is 2.99. The van der Waals surface area contributed by atoms with E-state index >= 15 is 0 Å². The van der Waals surface area contributed by atoms with Gasteiger partial charge >= 0.3 is 0 Å². The lowest BCUT2D eigenvalue weighted by Crippen LogP contribution is -2.46. The van der Waals surface area contributed by atoms with Crippen LogP contribution in [0.2, 0.25) is 0 Å². The van der Waals surface area contributed by atoms with Crippen LogP contribution in [0.5, 0.6) is 0 Å². The van der Waals surface area contributed by atoms with Crippen LogP contribution < -0.4 is 5.32 Å². The van der Waals surface area contributed by atoms with Gasteiger partial charge in [0.15, 0.2) is 0 Å². The van der Waals surface area contributed by atoms with E-state index in [1.807, 2.05) is 33.9 Å². The van der Waals surface area contributed by atoms with Crippen molar-refractivity contribution in [3.63, 3.8) is 0 Å². The fourth-order valence-corrected chi connectivity index (χ4v) is 2.83. The zero-order chi connectivity index (χ0) is 16.2. The third-order valence-electron chi connectivity index (χ3n) is 4.19. The van der Waals surface area contributed by atoms with E-state index in [-0.39, 0.29) is 17.9 Å². The Hall–Kier alpha value is -2.63. The third kappa shape index (κ3) is 3.59. The fraction of sp³-hybridized carbons (Fsp3) is 0.353. The predicted octanol–water partition coefficient (Wildman–Crippen LogP) is 1.61. The Morgan fingerprint density at radius 2 is 2.04 bits per heavy atom. The summed E-state index contributed by atoms with van der Waals surface area (Å²) in [7, 11) is 0. The predicted molar refractivity (Wildman–Crippen MR) is 86.3 cm³/mol. The van der Waals surface area contributed by atoms with Crippen molar-refractivity contribution in [3.8, 4) is 5.69 Å². The number of likely N-dealkylation sites (tertiary alicyclic amines) is 1. The number of nitrogens with zero attached hydrogens (tertiary/aromatic N) is 3. The highest BCUT2D eigenvalue weighted by atomic mass is 16.2. The van der Waals surface area contributed by atoms with Gasteiger partial charge in [-0.2, -0.15) is 0 Å². The van der Waals surface area contributed by atoms with Crippen molar-refractivity contribution in [2.75, 3.05) is 13.1 Å². The Morgan fingerprint density at radius 1 is 1.26 bits per heavy atom. The highest BCUT2D eigenvalue weighted by Crippen LogP contribution is 2.13. The first kappa shape index (κ1) is 15.3. The van der Waals surface area contributed by atoms with Gasteiger partial charge in [-0.1, -0.05) is 6.07 Å². The summed E-state index contributed by atoms with van der Waals surface area (Å²) in [6.07, 6.45) is 6.84. The summed E-state index contributed by atoms with van der Waals surface area (Å²) in [5, 5.41) is 3.07. The third-order valence-corrected chi connectivity index (χ3v) is 4.19. The van der Waals surface area contributed by atoms with Crippen molar-refractivity contribution in [2.45, 2.75) is 25.8 Å². The molecule has 6 nitrogen and oxygen atoms in total. The summed E-state index contributed by atoms with van der Waals surface area (Å²) in [4.78, 5) is 29.6. The molecule has 1 aliphatic rings. The van der Waals surface area contributed by atoms with E-state index in [4.69, 9.17) is 0 Å². The minimum absolute atomic E-state index is 0.0757. The van der Waals surface area contributed by atoms with Crippen molar-refractivity contribution in [3.05, 3.63) is 48.5 Å². The van der Waals surface area contributed by atoms with Gasteiger partial charge in [0.05, 0.1) is 6.33 Å². The number of hydrogen-bond donors (Lipinski definition) is 1. The standard InChI is InChI=1S/C17H20N4O2/c1-13(22)20-8-5-15(6-9-20)19-17(23)14-3-2-4-16(11-14)21-10-7-18-12-21/h2-4,7,10-12,15H,5-6,8-9H2,1H3,(H,19,23). The van der Waals surface area contributed by atoms with Crippen LogP contribution in [0, 0.1) is 0 Å². The Balaban J connectivity index is 1.63. The van der Waals surface area contributed by atoms with E-state index in [2.05, 4.69) is 10.3 Å². The lowest BCUT2D eigenvalue weighted by atomic mass is 10.0. The van der Waals surface area contributed by atoms with Gasteiger partial charge in [-0.15, -0.1) is 0 Å². The van der Waals surface area contributed by atoms with Crippen LogP contribution >= 0.6 is 0 Å². The van der Waals surface area contributed by atoms with Crippen LogP contribution in [0.15, 0.2) is 43.0 Å². The molecular formula is C17H20N4O2. The fourth-order valence-electron chi connectivity index (χ4n) is 2.83. The van der Waals surface area contributed by atoms with E-state index in [0.717, 1.165) is 18.5 Å². The smallest absolute Gasteiger partial charge is 0.251 e. The first-order valence-corrected chi connectivity index (χ1v) is 7.78. The summed E-state index contributed by atoms with van der Waals surface area (Å²) < 4.78 is 1.86. The number of aromatic nitrogens is 2. The molecule has 1 aliphatic heterocycles. The van der Waals surface area contributed by atoms with Crippen molar-refractivity contribution in [1.29, 1.82) is 0 Å². The number of piperidine rings is 1. The average Bonchev–Trinajstić information content (AvgIpc) is 3.10. The van der Waals surface area contributed by atoms with Gasteiger partial charge in [0, 0.05) is 49.7 Å². The van der Waals surface area contributed by atoms with Gasteiger partial charge in [0.1, 0.15) is 0 Å². The lowest BCUT2D eigenvalue weighted by Gasteiger charge is -2.31. The van der Waals surface area contributed by atoms with E-state index < -0.39 is 0 Å². The molecule has 23 heavy (non-hydrogen) atoms. The number of imidazole rings is 1. The van der Waals surface area contributed by atoms with E-state index in [1.54, 1.807) is 25.5 Å². The molecule has 1 aromatic carbocycles. The molecule has 0 spiro atoms. The van der Waals surface area contributed by atoms with Gasteiger partial charge in [-0.3, -0.25) is 9.59 Å². The number of carbonyl (C=O) groups is 2. The molecule has 0 saturated carbocycles. The highest BCUT2D eigenvalue weighted by molar-refractivity contribution is 5.95. The second kappa shape index (κ2) is 6.64. The van der Waals surface area contributed by atoms with Crippen LogP contribution in [0.3, 0.4) is 0 Å². The second-order valence-electron chi connectivity index (χ2n) is 5.77. The SMILES string of the molecule is CC(=O)N1CCC(NC(=O)c2cccc(-n3ccnc3)c2)CC1. The topological polar surface area (TPSA) is 67.2 Å². The molecule has 1 fully saturated rings. The second-order valence-corrected chi connectivity index (χ2v) is 5.77. The number of carbonyl (C=O) groups excluding carboxylic acids is 2. The monoisotopic (exact) mass is 312 g/mol. The molecule has 1 saturated heterocycles. The molecule has 0 unspecified atom stereocenters. The molecule has 2 heterocycles. The molecule has 2 aromatic rings. The van der Waals surface area contributed by atoms with Crippen molar-refractivity contribution < 1.29 is 9.59 Å². The lowest BCUT2D eigenvalue weighted by molar-refractivity contribution is -0.129. The zero-order valence-corrected chi connectivity index (χ0v) is 13.1. The number of nitrogens with one attached hydrogen (secondary N) is 1. The van der Waals surface area contributed by atoms with Crippen LogP contribution in [0.25, 0.3) is 5.69 Å². The normalized spacial score (nSPS) is 15.4. The van der Waals surface area contributed by atoms with Crippen molar-refractivity contribution in [1.82, 2.24) is 19.8 Å². The first-order chi connectivity index (χ1) is 11.1. The summed E-state index contributed by atoms with van der Waals surface area (Å²) >= 11 is 0. The molecule has 0 bridgehead atoms. The molecule has 0 radical (unpaired) electrons. The van der Waals surface area contributed by atoms with Crippen molar-refractivity contribution >= 4 is 11.8 Å². The maximum Gasteiger partial charge on any atom is 0.251 e. The minimum Gasteiger partial charge on any atom is -0.349 e. The average molecular weight is 312 g/mol. The summed E-state index contributed by atoms with van der Waals surface area (Å²) in [6, 6.07) is 7.57. The van der Waals surface area contributed by atoms with Crippen LogP contribution in [-0.4, -0.2) is 45.4 Å². The van der Waals surface area contributed by atoms with Gasteiger partial charge in [-0.05, 0) is 31.0 Å². The number of hydrogen-bond acceptors (Lipinski definition) is 3. The molecule has 3 rings (SSSR count). The summed E-state index contributed by atoms with van der Waals surface area (Å²) in [5.41, 5.74) is 1.53. The molecule has 0 atom stereocenters. The van der Waals surface area contributed by atoms with Gasteiger partial charge in [-0.25, -0.2) is 4.98 Å². The van der Waals surface area contributed by atoms with Crippen molar-refractivity contribution in [2.24, 2.45) is 0 Å². The maximum atomic E-state index is 12.4. The molecule has 1 N–H and O–H groups in total. The number of rotatable bonds is 3. The molecule has 2 amide bonds.